The lowest BCUT2D eigenvalue weighted by Crippen LogP contribution is -2.37. The third-order valence-corrected chi connectivity index (χ3v) is 4.38. The first kappa shape index (κ1) is 18.2. The van der Waals surface area contributed by atoms with Gasteiger partial charge in [-0.3, -0.25) is 4.79 Å². The maximum atomic E-state index is 12.7. The zero-order valence-corrected chi connectivity index (χ0v) is 14.2. The predicted molar refractivity (Wildman–Crippen MR) is 89.1 cm³/mol. The minimum absolute atomic E-state index is 0.0181. The van der Waals surface area contributed by atoms with Crippen LogP contribution in [0.5, 0.6) is 5.88 Å². The van der Waals surface area contributed by atoms with Crippen LogP contribution in [0.2, 0.25) is 0 Å². The van der Waals surface area contributed by atoms with Crippen molar-refractivity contribution in [3.05, 3.63) is 46.6 Å². The van der Waals surface area contributed by atoms with Gasteiger partial charge in [0.15, 0.2) is 0 Å². The third-order valence-electron chi connectivity index (χ3n) is 4.38. The summed E-state index contributed by atoms with van der Waals surface area (Å²) in [6.07, 6.45) is -1.39. The second kappa shape index (κ2) is 7.35. The quantitative estimate of drug-likeness (QED) is 0.830. The average molecular weight is 368 g/mol. The lowest BCUT2D eigenvalue weighted by molar-refractivity contribution is -0.141. The predicted octanol–water partition coefficient (Wildman–Crippen LogP) is 2.49. The first-order chi connectivity index (χ1) is 12.3. The van der Waals surface area contributed by atoms with E-state index in [0.717, 1.165) is 18.9 Å². The lowest BCUT2D eigenvalue weighted by atomic mass is 9.98. The fourth-order valence-electron chi connectivity index (χ4n) is 2.81. The molecule has 2 aromatic rings. The van der Waals surface area contributed by atoms with Crippen molar-refractivity contribution in [2.75, 3.05) is 24.6 Å². The number of hydrogen-bond acceptors (Lipinski definition) is 5. The zero-order chi connectivity index (χ0) is 18.7. The molecule has 1 aliphatic heterocycles. The van der Waals surface area contributed by atoms with Crippen LogP contribution in [-0.4, -0.2) is 34.2 Å². The summed E-state index contributed by atoms with van der Waals surface area (Å²) in [5.41, 5.74) is -1.07. The number of ether oxygens (including phenoxy) is 1. The van der Waals surface area contributed by atoms with Crippen LogP contribution in [0.4, 0.5) is 19.0 Å². The molecule has 1 fully saturated rings. The van der Waals surface area contributed by atoms with E-state index in [4.69, 9.17) is 4.74 Å². The molecule has 0 saturated carbocycles. The molecular formula is C17H19F3N4O2. The Bertz CT molecular complexity index is 814. The van der Waals surface area contributed by atoms with Crippen molar-refractivity contribution in [1.82, 2.24) is 14.5 Å². The molecule has 0 radical (unpaired) electrons. The molecule has 0 aliphatic carbocycles. The highest BCUT2D eigenvalue weighted by Crippen LogP contribution is 2.29. The van der Waals surface area contributed by atoms with E-state index in [1.165, 1.54) is 29.1 Å². The van der Waals surface area contributed by atoms with Crippen molar-refractivity contribution in [3.63, 3.8) is 0 Å². The van der Waals surface area contributed by atoms with Crippen molar-refractivity contribution < 1.29 is 17.9 Å². The van der Waals surface area contributed by atoms with E-state index in [2.05, 4.69) is 9.97 Å². The Kier molecular flexibility index (Phi) is 5.15. The van der Waals surface area contributed by atoms with Crippen LogP contribution in [0.15, 0.2) is 35.4 Å². The highest BCUT2D eigenvalue weighted by molar-refractivity contribution is 5.37. The molecule has 6 nitrogen and oxygen atoms in total. The van der Waals surface area contributed by atoms with Gasteiger partial charge in [-0.2, -0.15) is 13.2 Å². The maximum absolute atomic E-state index is 12.7. The molecule has 1 aliphatic rings. The summed E-state index contributed by atoms with van der Waals surface area (Å²) in [6, 6.07) is 5.13. The molecular weight excluding hydrogens is 349 g/mol. The van der Waals surface area contributed by atoms with E-state index in [9.17, 15) is 18.0 Å². The molecule has 0 spiro atoms. The molecule has 0 atom stereocenters. The van der Waals surface area contributed by atoms with E-state index < -0.39 is 11.9 Å². The van der Waals surface area contributed by atoms with Gasteiger partial charge in [0.05, 0.1) is 12.9 Å². The van der Waals surface area contributed by atoms with Crippen LogP contribution in [0.25, 0.3) is 0 Å². The first-order valence-corrected chi connectivity index (χ1v) is 8.27. The molecule has 0 unspecified atom stereocenters. The maximum Gasteiger partial charge on any atom is 0.433 e. The van der Waals surface area contributed by atoms with Gasteiger partial charge >= 0.3 is 6.18 Å². The monoisotopic (exact) mass is 368 g/mol. The van der Waals surface area contributed by atoms with Gasteiger partial charge in [-0.25, -0.2) is 9.97 Å². The summed E-state index contributed by atoms with van der Waals surface area (Å²) in [5, 5.41) is 0. The number of piperidine rings is 1. The number of nitrogens with zero attached hydrogens (tertiary/aromatic N) is 4. The van der Waals surface area contributed by atoms with Gasteiger partial charge in [0.25, 0.3) is 5.56 Å². The van der Waals surface area contributed by atoms with Gasteiger partial charge in [-0.1, -0.05) is 6.07 Å². The Labute approximate surface area is 148 Å². The normalized spacial score (nSPS) is 15.9. The van der Waals surface area contributed by atoms with E-state index in [-0.39, 0.29) is 17.4 Å². The molecule has 0 bridgehead atoms. The smallest absolute Gasteiger partial charge is 0.433 e. The Morgan fingerprint density at radius 1 is 1.27 bits per heavy atom. The summed E-state index contributed by atoms with van der Waals surface area (Å²) >= 11 is 0. The van der Waals surface area contributed by atoms with E-state index >= 15 is 0 Å². The summed E-state index contributed by atoms with van der Waals surface area (Å²) in [5.74, 6) is 0.844. The number of aryl methyl sites for hydroxylation is 1. The Morgan fingerprint density at radius 3 is 2.65 bits per heavy atom. The number of halogens is 3. The van der Waals surface area contributed by atoms with Crippen molar-refractivity contribution in [3.8, 4) is 5.88 Å². The van der Waals surface area contributed by atoms with Gasteiger partial charge in [0.2, 0.25) is 5.88 Å². The minimum Gasteiger partial charge on any atom is -0.477 e. The molecule has 2 aromatic heterocycles. The summed E-state index contributed by atoms with van der Waals surface area (Å²) in [4.78, 5) is 21.5. The zero-order valence-electron chi connectivity index (χ0n) is 14.2. The number of pyridine rings is 1. The summed E-state index contributed by atoms with van der Waals surface area (Å²) < 4.78 is 44.9. The molecule has 0 N–H and O–H groups in total. The van der Waals surface area contributed by atoms with Crippen molar-refractivity contribution in [2.24, 2.45) is 13.0 Å². The minimum atomic E-state index is -4.48. The standard InChI is InChI=1S/C17H19F3N4O2/c1-23-11-21-14(9-16(23)25)24-7-5-12(6-8-24)10-26-15-4-2-3-13(22-15)17(18,19)20/h2-4,9,11-12H,5-8,10H2,1H3. The molecule has 0 amide bonds. The van der Waals surface area contributed by atoms with E-state index in [1.807, 2.05) is 4.90 Å². The highest BCUT2D eigenvalue weighted by atomic mass is 19.4. The van der Waals surface area contributed by atoms with Crippen molar-refractivity contribution in [1.29, 1.82) is 0 Å². The van der Waals surface area contributed by atoms with Gasteiger partial charge < -0.3 is 14.2 Å². The van der Waals surface area contributed by atoms with Gasteiger partial charge in [-0.05, 0) is 24.8 Å². The number of alkyl halides is 3. The number of anilines is 1. The van der Waals surface area contributed by atoms with Gasteiger partial charge in [0.1, 0.15) is 11.5 Å². The Hall–Kier alpha value is -2.58. The van der Waals surface area contributed by atoms with Crippen molar-refractivity contribution >= 4 is 5.82 Å². The molecule has 3 rings (SSSR count). The second-order valence-corrected chi connectivity index (χ2v) is 6.30. The highest BCUT2D eigenvalue weighted by Gasteiger charge is 2.32. The van der Waals surface area contributed by atoms with Crippen LogP contribution in [-0.2, 0) is 13.2 Å². The molecule has 1 saturated heterocycles. The largest absolute Gasteiger partial charge is 0.477 e. The van der Waals surface area contributed by atoms with Crippen LogP contribution in [0.3, 0.4) is 0 Å². The lowest BCUT2D eigenvalue weighted by Gasteiger charge is -2.32. The molecule has 140 valence electrons. The van der Waals surface area contributed by atoms with Crippen LogP contribution in [0.1, 0.15) is 18.5 Å². The molecule has 0 aromatic carbocycles. The van der Waals surface area contributed by atoms with Gasteiger partial charge in [0, 0.05) is 32.3 Å². The van der Waals surface area contributed by atoms with Gasteiger partial charge in [-0.15, -0.1) is 0 Å². The molecule has 26 heavy (non-hydrogen) atoms. The first-order valence-electron chi connectivity index (χ1n) is 8.27. The fourth-order valence-corrected chi connectivity index (χ4v) is 2.81. The Balaban J connectivity index is 1.53. The molecule has 3 heterocycles. The topological polar surface area (TPSA) is 60.3 Å². The number of rotatable bonds is 4. The summed E-state index contributed by atoms with van der Waals surface area (Å²) in [6.45, 7) is 1.74. The van der Waals surface area contributed by atoms with Crippen LogP contribution >= 0.6 is 0 Å². The van der Waals surface area contributed by atoms with E-state index in [0.29, 0.717) is 25.5 Å². The number of hydrogen-bond donors (Lipinski definition) is 0. The second-order valence-electron chi connectivity index (χ2n) is 6.30. The van der Waals surface area contributed by atoms with Crippen LogP contribution < -0.4 is 15.2 Å². The van der Waals surface area contributed by atoms with Crippen LogP contribution in [0, 0.1) is 5.92 Å². The fraction of sp³-hybridized carbons (Fsp3) is 0.471. The van der Waals surface area contributed by atoms with Crippen molar-refractivity contribution in [2.45, 2.75) is 19.0 Å². The molecule has 9 heteroatoms. The van der Waals surface area contributed by atoms with E-state index in [1.54, 1.807) is 7.05 Å². The number of aromatic nitrogens is 3. The third kappa shape index (κ3) is 4.33. The summed E-state index contributed by atoms with van der Waals surface area (Å²) in [7, 11) is 1.64. The SMILES string of the molecule is Cn1cnc(N2CCC(COc3cccc(C(F)(F)F)n3)CC2)cc1=O. The Morgan fingerprint density at radius 2 is 2.00 bits per heavy atom. The average Bonchev–Trinajstić information content (AvgIpc) is 2.62.